The van der Waals surface area contributed by atoms with E-state index in [2.05, 4.69) is 0 Å². The maximum atomic E-state index is 13.3. The largest absolute Gasteiger partial charge is 0.507 e. The van der Waals surface area contributed by atoms with Crippen LogP contribution in [0.4, 0.5) is 0 Å². The highest BCUT2D eigenvalue weighted by molar-refractivity contribution is 6.46. The predicted octanol–water partition coefficient (Wildman–Crippen LogP) is 5.71. The number of carbonyl (C=O) groups excluding carboxylic acids is 2. The van der Waals surface area contributed by atoms with E-state index in [1.54, 1.807) is 0 Å². The lowest BCUT2D eigenvalue weighted by Crippen LogP contribution is -2.29. The van der Waals surface area contributed by atoms with Crippen molar-refractivity contribution in [3.8, 4) is 5.75 Å². The Labute approximate surface area is 200 Å². The molecule has 0 aliphatic carbocycles. The molecule has 0 bridgehead atoms. The summed E-state index contributed by atoms with van der Waals surface area (Å²) in [6.45, 7) is 6.71. The van der Waals surface area contributed by atoms with Gasteiger partial charge in [-0.1, -0.05) is 67.1 Å². The Balaban J connectivity index is 1.84. The lowest BCUT2D eigenvalue weighted by molar-refractivity contribution is -0.140. The van der Waals surface area contributed by atoms with Gasteiger partial charge >= 0.3 is 0 Å². The summed E-state index contributed by atoms with van der Waals surface area (Å²) in [5, 5.41) is 11.4. The molecule has 5 heteroatoms. The Hall–Kier alpha value is -3.86. The van der Waals surface area contributed by atoms with Crippen LogP contribution in [0.25, 0.3) is 5.76 Å². The summed E-state index contributed by atoms with van der Waals surface area (Å²) >= 11 is 0. The normalized spacial score (nSPS) is 17.3. The van der Waals surface area contributed by atoms with E-state index in [-0.39, 0.29) is 17.9 Å². The number of benzene rings is 3. The number of aliphatic hydroxyl groups is 1. The Bertz CT molecular complexity index is 1230. The van der Waals surface area contributed by atoms with E-state index in [4.69, 9.17) is 4.74 Å². The number of aryl methyl sites for hydroxylation is 2. The van der Waals surface area contributed by atoms with Gasteiger partial charge in [0, 0.05) is 12.1 Å². The van der Waals surface area contributed by atoms with E-state index < -0.39 is 17.7 Å². The number of hydrogen-bond donors (Lipinski definition) is 1. The standard InChI is InChI=1S/C29H29NO4/c1-4-16-34-23-14-12-22(13-15-23)26-25(27(31)24-17-19(2)10-11-20(24)3)28(32)29(33)30(26)18-21-8-6-5-7-9-21/h5-15,17,26,31H,4,16,18H2,1-3H3/b27-25+. The van der Waals surface area contributed by atoms with Gasteiger partial charge in [-0.3, -0.25) is 9.59 Å². The van der Waals surface area contributed by atoms with Crippen LogP contribution in [0.1, 0.15) is 47.2 Å². The van der Waals surface area contributed by atoms with Crippen molar-refractivity contribution >= 4 is 17.4 Å². The molecule has 0 saturated carbocycles. The molecule has 0 aromatic heterocycles. The minimum absolute atomic E-state index is 0.108. The fourth-order valence-electron chi connectivity index (χ4n) is 4.27. The van der Waals surface area contributed by atoms with Gasteiger partial charge in [-0.05, 0) is 55.2 Å². The Morgan fingerprint density at radius 3 is 2.35 bits per heavy atom. The van der Waals surface area contributed by atoms with Crippen molar-refractivity contribution in [1.82, 2.24) is 4.90 Å². The summed E-state index contributed by atoms with van der Waals surface area (Å²) in [5.74, 6) is -0.718. The first-order valence-electron chi connectivity index (χ1n) is 11.5. The molecule has 1 heterocycles. The molecule has 0 spiro atoms. The molecule has 4 rings (SSSR count). The van der Waals surface area contributed by atoms with Crippen LogP contribution in [0.15, 0.2) is 78.4 Å². The molecule has 1 fully saturated rings. The monoisotopic (exact) mass is 455 g/mol. The van der Waals surface area contributed by atoms with E-state index in [9.17, 15) is 14.7 Å². The topological polar surface area (TPSA) is 66.8 Å². The molecular weight excluding hydrogens is 426 g/mol. The van der Waals surface area contributed by atoms with Crippen molar-refractivity contribution in [1.29, 1.82) is 0 Å². The zero-order valence-corrected chi connectivity index (χ0v) is 19.7. The second kappa shape index (κ2) is 9.96. The van der Waals surface area contributed by atoms with Gasteiger partial charge in [0.15, 0.2) is 0 Å². The molecule has 34 heavy (non-hydrogen) atoms. The van der Waals surface area contributed by atoms with Crippen LogP contribution in [0.2, 0.25) is 0 Å². The van der Waals surface area contributed by atoms with Crippen LogP contribution < -0.4 is 4.74 Å². The average Bonchev–Trinajstić information content (AvgIpc) is 3.09. The first-order valence-corrected chi connectivity index (χ1v) is 11.5. The number of Topliss-reactive ketones (excluding diaryl/α,β-unsaturated/α-hetero) is 1. The Kier molecular flexibility index (Phi) is 6.82. The summed E-state index contributed by atoms with van der Waals surface area (Å²) in [7, 11) is 0. The highest BCUT2D eigenvalue weighted by Crippen LogP contribution is 2.41. The van der Waals surface area contributed by atoms with Crippen molar-refractivity contribution in [2.45, 2.75) is 39.8 Å². The second-order valence-electron chi connectivity index (χ2n) is 8.65. The number of hydrogen-bond acceptors (Lipinski definition) is 4. The maximum absolute atomic E-state index is 13.3. The Morgan fingerprint density at radius 1 is 0.971 bits per heavy atom. The molecule has 1 amide bonds. The molecule has 174 valence electrons. The molecular formula is C29H29NO4. The maximum Gasteiger partial charge on any atom is 0.295 e. The van der Waals surface area contributed by atoms with Gasteiger partial charge in [-0.15, -0.1) is 0 Å². The van der Waals surface area contributed by atoms with Gasteiger partial charge in [-0.25, -0.2) is 0 Å². The number of rotatable bonds is 7. The highest BCUT2D eigenvalue weighted by atomic mass is 16.5. The van der Waals surface area contributed by atoms with Gasteiger partial charge < -0.3 is 14.7 Å². The molecule has 1 unspecified atom stereocenters. The van der Waals surface area contributed by atoms with Crippen LogP contribution in [0.3, 0.4) is 0 Å². The summed E-state index contributed by atoms with van der Waals surface area (Å²) in [6, 6.07) is 21.9. The third-order valence-corrected chi connectivity index (χ3v) is 6.05. The van der Waals surface area contributed by atoms with Gasteiger partial charge in [-0.2, -0.15) is 0 Å². The summed E-state index contributed by atoms with van der Waals surface area (Å²) in [4.78, 5) is 28.0. The third kappa shape index (κ3) is 4.60. The van der Waals surface area contributed by atoms with E-state index in [1.165, 1.54) is 4.90 Å². The number of amides is 1. The number of aliphatic hydroxyl groups excluding tert-OH is 1. The zero-order valence-electron chi connectivity index (χ0n) is 19.7. The molecule has 1 aliphatic heterocycles. The lowest BCUT2D eigenvalue weighted by Gasteiger charge is -2.26. The summed E-state index contributed by atoms with van der Waals surface area (Å²) in [5.41, 5.74) is 4.11. The average molecular weight is 456 g/mol. The number of carbonyl (C=O) groups is 2. The van der Waals surface area contributed by atoms with Crippen LogP contribution in [0, 0.1) is 13.8 Å². The summed E-state index contributed by atoms with van der Waals surface area (Å²) < 4.78 is 5.70. The molecule has 3 aromatic carbocycles. The molecule has 0 radical (unpaired) electrons. The van der Waals surface area contributed by atoms with Crippen molar-refractivity contribution < 1.29 is 19.4 Å². The lowest BCUT2D eigenvalue weighted by atomic mass is 9.93. The number of ketones is 1. The SMILES string of the molecule is CCCOc1ccc(C2/C(=C(\O)c3cc(C)ccc3C)C(=O)C(=O)N2Cc2ccccc2)cc1. The second-order valence-corrected chi connectivity index (χ2v) is 8.65. The van der Waals surface area contributed by atoms with E-state index in [0.29, 0.717) is 12.2 Å². The minimum Gasteiger partial charge on any atom is -0.507 e. The molecule has 1 N–H and O–H groups in total. The zero-order chi connectivity index (χ0) is 24.2. The molecule has 3 aromatic rings. The van der Waals surface area contributed by atoms with Gasteiger partial charge in [0.2, 0.25) is 0 Å². The van der Waals surface area contributed by atoms with Gasteiger partial charge in [0.25, 0.3) is 11.7 Å². The van der Waals surface area contributed by atoms with Crippen LogP contribution >= 0.6 is 0 Å². The molecule has 1 atom stereocenters. The first kappa shape index (κ1) is 23.3. The van der Waals surface area contributed by atoms with Crippen molar-refractivity contribution in [2.24, 2.45) is 0 Å². The van der Waals surface area contributed by atoms with Crippen LogP contribution in [-0.4, -0.2) is 28.3 Å². The quantitative estimate of drug-likeness (QED) is 0.281. The molecule has 5 nitrogen and oxygen atoms in total. The van der Waals surface area contributed by atoms with Crippen LogP contribution in [-0.2, 0) is 16.1 Å². The fourth-order valence-corrected chi connectivity index (χ4v) is 4.27. The van der Waals surface area contributed by atoms with Crippen LogP contribution in [0.5, 0.6) is 5.75 Å². The fraction of sp³-hybridized carbons (Fsp3) is 0.241. The molecule has 1 saturated heterocycles. The predicted molar refractivity (Wildman–Crippen MR) is 132 cm³/mol. The van der Waals surface area contributed by atoms with Crippen molar-refractivity contribution in [3.63, 3.8) is 0 Å². The molecule has 1 aliphatic rings. The van der Waals surface area contributed by atoms with E-state index in [0.717, 1.165) is 34.4 Å². The van der Waals surface area contributed by atoms with Crippen molar-refractivity contribution in [2.75, 3.05) is 6.61 Å². The summed E-state index contributed by atoms with van der Waals surface area (Å²) in [6.07, 6.45) is 0.898. The van der Waals surface area contributed by atoms with E-state index in [1.807, 2.05) is 93.6 Å². The smallest absolute Gasteiger partial charge is 0.295 e. The van der Waals surface area contributed by atoms with Gasteiger partial charge in [0.05, 0.1) is 18.2 Å². The highest BCUT2D eigenvalue weighted by Gasteiger charge is 2.46. The number of ether oxygens (including phenoxy) is 1. The van der Waals surface area contributed by atoms with Crippen molar-refractivity contribution in [3.05, 3.63) is 106 Å². The van der Waals surface area contributed by atoms with Gasteiger partial charge in [0.1, 0.15) is 11.5 Å². The Morgan fingerprint density at radius 2 is 1.68 bits per heavy atom. The number of nitrogens with zero attached hydrogens (tertiary/aromatic N) is 1. The first-order chi connectivity index (χ1) is 16.4. The minimum atomic E-state index is -0.708. The van der Waals surface area contributed by atoms with E-state index >= 15 is 0 Å². The third-order valence-electron chi connectivity index (χ3n) is 6.05. The number of likely N-dealkylation sites (tertiary alicyclic amines) is 1.